The van der Waals surface area contributed by atoms with E-state index in [1.165, 1.54) is 4.31 Å². The van der Waals surface area contributed by atoms with E-state index in [1.54, 1.807) is 31.4 Å². The number of hydrogen-bond acceptors (Lipinski definition) is 4. The maximum atomic E-state index is 12.9. The summed E-state index contributed by atoms with van der Waals surface area (Å²) in [6, 6.07) is 12.8. The maximum absolute atomic E-state index is 12.9. The van der Waals surface area contributed by atoms with Crippen molar-refractivity contribution in [3.05, 3.63) is 64.2 Å². The third kappa shape index (κ3) is 5.82. The molecular formula is C24H31ClN2O4S. The zero-order valence-corrected chi connectivity index (χ0v) is 20.4. The van der Waals surface area contributed by atoms with E-state index in [2.05, 4.69) is 5.32 Å². The molecule has 1 saturated heterocycles. The van der Waals surface area contributed by atoms with Gasteiger partial charge in [0.2, 0.25) is 15.9 Å². The number of nitrogens with zero attached hydrogens (tertiary/aromatic N) is 1. The summed E-state index contributed by atoms with van der Waals surface area (Å²) in [6.07, 6.45) is 1.78. The molecule has 1 amide bonds. The van der Waals surface area contributed by atoms with Gasteiger partial charge >= 0.3 is 0 Å². The number of piperidine rings is 1. The second-order valence-corrected chi connectivity index (χ2v) is 10.6. The Labute approximate surface area is 196 Å². The third-order valence-corrected chi connectivity index (χ3v) is 8.26. The molecule has 8 heteroatoms. The Balaban J connectivity index is 1.58. The zero-order valence-electron chi connectivity index (χ0n) is 18.8. The number of aryl methyl sites for hydroxylation is 1. The first-order valence-electron chi connectivity index (χ1n) is 10.9. The van der Waals surface area contributed by atoms with Gasteiger partial charge in [-0.15, -0.1) is 0 Å². The molecule has 1 heterocycles. The molecule has 0 aromatic heterocycles. The number of sulfonamides is 1. The molecule has 0 bridgehead atoms. The minimum Gasteiger partial charge on any atom is -0.496 e. The number of halogens is 1. The molecule has 0 spiro atoms. The molecule has 1 aliphatic heterocycles. The molecule has 6 nitrogen and oxygen atoms in total. The Morgan fingerprint density at radius 1 is 1.22 bits per heavy atom. The van der Waals surface area contributed by atoms with Crippen LogP contribution < -0.4 is 10.1 Å². The van der Waals surface area contributed by atoms with Crippen molar-refractivity contribution in [2.75, 3.05) is 20.2 Å². The van der Waals surface area contributed by atoms with Gasteiger partial charge in [-0.05, 0) is 55.0 Å². The van der Waals surface area contributed by atoms with Crippen molar-refractivity contribution in [2.24, 2.45) is 5.92 Å². The van der Waals surface area contributed by atoms with Crippen LogP contribution in [0.5, 0.6) is 5.75 Å². The third-order valence-electron chi connectivity index (χ3n) is 6.06. The Bertz CT molecular complexity index is 1050. The average molecular weight is 479 g/mol. The smallest absolute Gasteiger partial charge is 0.223 e. The van der Waals surface area contributed by atoms with E-state index < -0.39 is 10.0 Å². The normalized spacial score (nSPS) is 16.5. The predicted molar refractivity (Wildman–Crippen MR) is 127 cm³/mol. The number of hydrogen-bond donors (Lipinski definition) is 1. The number of carbonyl (C=O) groups excluding carboxylic acids is 1. The summed E-state index contributed by atoms with van der Waals surface area (Å²) in [6.45, 7) is 4.69. The average Bonchev–Trinajstić information content (AvgIpc) is 2.78. The molecule has 32 heavy (non-hydrogen) atoms. The Kier molecular flexibility index (Phi) is 8.20. The van der Waals surface area contributed by atoms with E-state index in [9.17, 15) is 13.2 Å². The summed E-state index contributed by atoms with van der Waals surface area (Å²) in [5, 5.41) is 3.60. The summed E-state index contributed by atoms with van der Waals surface area (Å²) < 4.78 is 32.5. The van der Waals surface area contributed by atoms with Crippen molar-refractivity contribution in [1.82, 2.24) is 9.62 Å². The fourth-order valence-electron chi connectivity index (χ4n) is 4.13. The molecule has 1 N–H and O–H groups in total. The van der Waals surface area contributed by atoms with E-state index in [0.29, 0.717) is 36.5 Å². The van der Waals surface area contributed by atoms with Crippen LogP contribution in [0.2, 0.25) is 5.02 Å². The van der Waals surface area contributed by atoms with Gasteiger partial charge < -0.3 is 10.1 Å². The van der Waals surface area contributed by atoms with Gasteiger partial charge in [0.15, 0.2) is 0 Å². The fraction of sp³-hybridized carbons (Fsp3) is 0.458. The lowest BCUT2D eigenvalue weighted by molar-refractivity contribution is -0.126. The second-order valence-electron chi connectivity index (χ2n) is 8.22. The van der Waals surface area contributed by atoms with Gasteiger partial charge in [-0.1, -0.05) is 48.9 Å². The second kappa shape index (κ2) is 10.7. The number of ether oxygens (including phenoxy) is 1. The maximum Gasteiger partial charge on any atom is 0.223 e. The van der Waals surface area contributed by atoms with E-state index in [4.69, 9.17) is 16.3 Å². The lowest BCUT2D eigenvalue weighted by Crippen LogP contribution is -2.44. The summed E-state index contributed by atoms with van der Waals surface area (Å²) in [4.78, 5) is 12.9. The van der Waals surface area contributed by atoms with Crippen LogP contribution in [0.3, 0.4) is 0 Å². The monoisotopic (exact) mass is 478 g/mol. The van der Waals surface area contributed by atoms with Gasteiger partial charge in [0, 0.05) is 24.0 Å². The van der Waals surface area contributed by atoms with Crippen LogP contribution in [-0.2, 0) is 20.6 Å². The van der Waals surface area contributed by atoms with Crippen molar-refractivity contribution in [1.29, 1.82) is 0 Å². The van der Waals surface area contributed by atoms with Crippen molar-refractivity contribution in [3.63, 3.8) is 0 Å². The Morgan fingerprint density at radius 3 is 2.50 bits per heavy atom. The van der Waals surface area contributed by atoms with E-state index in [-0.39, 0.29) is 23.6 Å². The highest BCUT2D eigenvalue weighted by atomic mass is 35.5. The van der Waals surface area contributed by atoms with E-state index in [0.717, 1.165) is 23.3 Å². The van der Waals surface area contributed by atoms with Crippen molar-refractivity contribution >= 4 is 27.5 Å². The largest absolute Gasteiger partial charge is 0.496 e. The first-order chi connectivity index (χ1) is 15.2. The van der Waals surface area contributed by atoms with Crippen LogP contribution >= 0.6 is 11.6 Å². The Hall–Kier alpha value is -2.09. The highest BCUT2D eigenvalue weighted by Crippen LogP contribution is 2.27. The molecule has 0 radical (unpaired) electrons. The topological polar surface area (TPSA) is 75.7 Å². The van der Waals surface area contributed by atoms with Gasteiger partial charge in [0.05, 0.1) is 18.9 Å². The van der Waals surface area contributed by atoms with Gasteiger partial charge in [-0.2, -0.15) is 0 Å². The zero-order chi connectivity index (χ0) is 23.3. The lowest BCUT2D eigenvalue weighted by Gasteiger charge is -2.31. The SMILES string of the molecule is CC[C@@H](NC(=O)C1CCN(S(=O)(=O)Cc2ccccc2Cl)CC1)c1ccc(OC)c(C)c1. The quantitative estimate of drug-likeness (QED) is 0.607. The number of rotatable bonds is 8. The van der Waals surface area contributed by atoms with Crippen LogP contribution in [0, 0.1) is 12.8 Å². The molecular weight excluding hydrogens is 448 g/mol. The summed E-state index contributed by atoms with van der Waals surface area (Å²) in [5.74, 6) is 0.474. The number of carbonyl (C=O) groups is 1. The molecule has 3 rings (SSSR count). The Morgan fingerprint density at radius 2 is 1.91 bits per heavy atom. The van der Waals surface area contributed by atoms with Crippen LogP contribution in [0.15, 0.2) is 42.5 Å². The highest BCUT2D eigenvalue weighted by molar-refractivity contribution is 7.88. The molecule has 1 fully saturated rings. The van der Waals surface area contributed by atoms with Crippen LogP contribution in [0.1, 0.15) is 48.9 Å². The van der Waals surface area contributed by atoms with Crippen LogP contribution in [0.25, 0.3) is 0 Å². The molecule has 2 aromatic carbocycles. The van der Waals surface area contributed by atoms with E-state index in [1.807, 2.05) is 32.0 Å². The number of methoxy groups -OCH3 is 1. The van der Waals surface area contributed by atoms with Crippen LogP contribution in [0.4, 0.5) is 0 Å². The first kappa shape index (κ1) is 24.6. The van der Waals surface area contributed by atoms with Gasteiger partial charge in [-0.3, -0.25) is 4.79 Å². The summed E-state index contributed by atoms with van der Waals surface area (Å²) in [5.41, 5.74) is 2.66. The number of benzene rings is 2. The summed E-state index contributed by atoms with van der Waals surface area (Å²) >= 11 is 6.13. The van der Waals surface area contributed by atoms with E-state index >= 15 is 0 Å². The molecule has 1 aliphatic rings. The van der Waals surface area contributed by atoms with Crippen molar-refractivity contribution in [2.45, 2.75) is 44.9 Å². The molecule has 0 saturated carbocycles. The summed E-state index contributed by atoms with van der Waals surface area (Å²) in [7, 11) is -1.84. The lowest BCUT2D eigenvalue weighted by atomic mass is 9.95. The number of nitrogens with one attached hydrogen (secondary N) is 1. The first-order valence-corrected chi connectivity index (χ1v) is 12.9. The molecule has 174 valence electrons. The van der Waals surface area contributed by atoms with Gasteiger partial charge in [0.1, 0.15) is 5.75 Å². The molecule has 0 aliphatic carbocycles. The predicted octanol–water partition coefficient (Wildman–Crippen LogP) is 4.47. The standard InChI is InChI=1S/C24H31ClN2O4S/c1-4-22(19-9-10-23(31-3)17(2)15-19)26-24(28)18-11-13-27(14-12-18)32(29,30)16-20-7-5-6-8-21(20)25/h5-10,15,18,22H,4,11-14,16H2,1-3H3,(H,26,28)/t22-/m1/s1. The van der Waals surface area contributed by atoms with Crippen molar-refractivity contribution in [3.8, 4) is 5.75 Å². The fourth-order valence-corrected chi connectivity index (χ4v) is 6.00. The van der Waals surface area contributed by atoms with Crippen molar-refractivity contribution < 1.29 is 17.9 Å². The minimum atomic E-state index is -3.48. The number of amides is 1. The van der Waals surface area contributed by atoms with Crippen LogP contribution in [-0.4, -0.2) is 38.8 Å². The minimum absolute atomic E-state index is 0.0199. The molecule has 2 aromatic rings. The molecule has 0 unspecified atom stereocenters. The highest BCUT2D eigenvalue weighted by Gasteiger charge is 2.32. The van der Waals surface area contributed by atoms with Gasteiger partial charge in [-0.25, -0.2) is 12.7 Å². The molecule has 1 atom stereocenters. The van der Waals surface area contributed by atoms with Gasteiger partial charge in [0.25, 0.3) is 0 Å².